The van der Waals surface area contributed by atoms with Crippen molar-refractivity contribution in [2.75, 3.05) is 6.54 Å². The Morgan fingerprint density at radius 3 is 2.58 bits per heavy atom. The molecule has 0 saturated heterocycles. The molecule has 9 heteroatoms. The van der Waals surface area contributed by atoms with E-state index in [0.717, 1.165) is 23.0 Å². The Morgan fingerprint density at radius 2 is 1.96 bits per heavy atom. The summed E-state index contributed by atoms with van der Waals surface area (Å²) in [5.74, 6) is -0.0657. The van der Waals surface area contributed by atoms with Crippen LogP contribution in [0.2, 0.25) is 0 Å². The zero-order valence-electron chi connectivity index (χ0n) is 13.4. The molecule has 0 radical (unpaired) electrons. The van der Waals surface area contributed by atoms with E-state index in [1.54, 1.807) is 11.5 Å². The van der Waals surface area contributed by atoms with E-state index < -0.39 is 23.9 Å². The number of para-hydroxylation sites is 1. The quantitative estimate of drug-likeness (QED) is 0.835. The van der Waals surface area contributed by atoms with Crippen molar-refractivity contribution >= 4 is 17.7 Å². The Kier molecular flexibility index (Phi) is 5.53. The van der Waals surface area contributed by atoms with Gasteiger partial charge in [0.15, 0.2) is 5.16 Å². The topological polar surface area (TPSA) is 59.8 Å². The van der Waals surface area contributed by atoms with Gasteiger partial charge in [0.1, 0.15) is 12.4 Å². The fourth-order valence-corrected chi connectivity index (χ4v) is 2.98. The molecule has 0 aliphatic rings. The molecule has 1 aromatic heterocycles. The molecule has 1 amide bonds. The van der Waals surface area contributed by atoms with Gasteiger partial charge in [-0.05, 0) is 32.4 Å². The molecular weight excluding hydrogens is 341 g/mol. The van der Waals surface area contributed by atoms with Gasteiger partial charge in [0, 0.05) is 0 Å². The fourth-order valence-electron chi connectivity index (χ4n) is 2.05. The van der Waals surface area contributed by atoms with Crippen molar-refractivity contribution in [3.8, 4) is 5.69 Å². The molecule has 0 spiro atoms. The van der Waals surface area contributed by atoms with Crippen LogP contribution in [-0.2, 0) is 4.79 Å². The van der Waals surface area contributed by atoms with Gasteiger partial charge in [-0.25, -0.2) is 0 Å². The molecular formula is C15H17F3N4OS. The minimum absolute atomic E-state index is 0.455. The van der Waals surface area contributed by atoms with Gasteiger partial charge in [0.05, 0.1) is 10.9 Å². The lowest BCUT2D eigenvalue weighted by Crippen LogP contribution is -2.38. The molecule has 130 valence electrons. The number of hydrogen-bond donors (Lipinski definition) is 1. The number of carbonyl (C=O) groups is 1. The van der Waals surface area contributed by atoms with Crippen molar-refractivity contribution in [1.29, 1.82) is 0 Å². The summed E-state index contributed by atoms with van der Waals surface area (Å²) in [6.07, 6.45) is -4.43. The third-order valence-electron chi connectivity index (χ3n) is 3.27. The Hall–Kier alpha value is -2.03. The summed E-state index contributed by atoms with van der Waals surface area (Å²) in [6, 6.07) is 7.60. The van der Waals surface area contributed by atoms with Gasteiger partial charge >= 0.3 is 6.18 Å². The van der Waals surface area contributed by atoms with Gasteiger partial charge < -0.3 is 5.32 Å². The summed E-state index contributed by atoms with van der Waals surface area (Å²) in [5.41, 5.74) is 1.86. The molecule has 1 N–H and O–H groups in total. The molecule has 2 aromatic rings. The zero-order chi connectivity index (χ0) is 17.9. The zero-order valence-corrected chi connectivity index (χ0v) is 14.2. The molecule has 0 aliphatic heterocycles. The minimum Gasteiger partial charge on any atom is -0.346 e. The number of thioether (sulfide) groups is 1. The second-order valence-electron chi connectivity index (χ2n) is 5.24. The summed E-state index contributed by atoms with van der Waals surface area (Å²) in [6.45, 7) is 3.89. The van der Waals surface area contributed by atoms with Crippen LogP contribution in [0.3, 0.4) is 0 Å². The van der Waals surface area contributed by atoms with Crippen molar-refractivity contribution in [3.05, 3.63) is 35.7 Å². The first-order valence-electron chi connectivity index (χ1n) is 7.18. The first kappa shape index (κ1) is 18.3. The molecule has 1 aromatic carbocycles. The molecule has 0 bridgehead atoms. The van der Waals surface area contributed by atoms with Crippen LogP contribution in [0.1, 0.15) is 18.3 Å². The summed E-state index contributed by atoms with van der Waals surface area (Å²) >= 11 is 1.06. The molecule has 0 fully saturated rings. The average molecular weight is 358 g/mol. The number of rotatable bonds is 5. The number of nitrogens with zero attached hydrogens (tertiary/aromatic N) is 3. The number of aryl methyl sites for hydroxylation is 2. The lowest BCUT2D eigenvalue weighted by Gasteiger charge is -2.15. The number of alkyl halides is 3. The van der Waals surface area contributed by atoms with Crippen LogP contribution in [-0.4, -0.2) is 38.6 Å². The van der Waals surface area contributed by atoms with Crippen molar-refractivity contribution in [1.82, 2.24) is 20.1 Å². The SMILES string of the molecule is Cc1ccccc1-n1c(C)nnc1SC(C)C(=O)NCC(F)(F)F. The maximum absolute atomic E-state index is 12.2. The maximum atomic E-state index is 12.2. The molecule has 0 saturated carbocycles. The first-order valence-corrected chi connectivity index (χ1v) is 8.06. The maximum Gasteiger partial charge on any atom is 0.405 e. The Balaban J connectivity index is 2.17. The number of halogens is 3. The summed E-state index contributed by atoms with van der Waals surface area (Å²) in [4.78, 5) is 11.8. The van der Waals surface area contributed by atoms with Crippen molar-refractivity contribution in [2.45, 2.75) is 37.4 Å². The highest BCUT2D eigenvalue weighted by Crippen LogP contribution is 2.27. The lowest BCUT2D eigenvalue weighted by atomic mass is 10.2. The van der Waals surface area contributed by atoms with Gasteiger partial charge in [0.25, 0.3) is 0 Å². The van der Waals surface area contributed by atoms with Crippen molar-refractivity contribution in [2.24, 2.45) is 0 Å². The predicted octanol–water partition coefficient (Wildman–Crippen LogP) is 3.04. The molecule has 1 heterocycles. The number of hydrogen-bond acceptors (Lipinski definition) is 4. The Bertz CT molecular complexity index is 730. The summed E-state index contributed by atoms with van der Waals surface area (Å²) < 4.78 is 38.4. The van der Waals surface area contributed by atoms with Crippen molar-refractivity contribution < 1.29 is 18.0 Å². The third-order valence-corrected chi connectivity index (χ3v) is 4.31. The van der Waals surface area contributed by atoms with Gasteiger partial charge in [0.2, 0.25) is 5.91 Å². The monoisotopic (exact) mass is 358 g/mol. The molecule has 24 heavy (non-hydrogen) atoms. The van der Waals surface area contributed by atoms with Crippen LogP contribution >= 0.6 is 11.8 Å². The second-order valence-corrected chi connectivity index (χ2v) is 6.55. The molecule has 2 rings (SSSR count). The van der Waals surface area contributed by atoms with E-state index >= 15 is 0 Å². The van der Waals surface area contributed by atoms with E-state index in [4.69, 9.17) is 0 Å². The van der Waals surface area contributed by atoms with Crippen LogP contribution in [0.5, 0.6) is 0 Å². The number of aromatic nitrogens is 3. The number of carbonyl (C=O) groups excluding carboxylic acids is 1. The number of amides is 1. The van der Waals surface area contributed by atoms with E-state index in [0.29, 0.717) is 11.0 Å². The summed E-state index contributed by atoms with van der Waals surface area (Å²) in [5, 5.41) is 9.65. The number of benzene rings is 1. The normalized spacial score (nSPS) is 12.9. The van der Waals surface area contributed by atoms with Crippen LogP contribution in [0.4, 0.5) is 13.2 Å². The fraction of sp³-hybridized carbons (Fsp3) is 0.400. The van der Waals surface area contributed by atoms with Crippen LogP contribution in [0.15, 0.2) is 29.4 Å². The molecule has 1 atom stereocenters. The van der Waals surface area contributed by atoms with E-state index in [1.165, 1.54) is 6.92 Å². The highest BCUT2D eigenvalue weighted by molar-refractivity contribution is 8.00. The molecule has 5 nitrogen and oxygen atoms in total. The van der Waals surface area contributed by atoms with Crippen LogP contribution in [0.25, 0.3) is 5.69 Å². The summed E-state index contributed by atoms with van der Waals surface area (Å²) in [7, 11) is 0. The predicted molar refractivity (Wildman–Crippen MR) is 85.2 cm³/mol. The van der Waals surface area contributed by atoms with E-state index in [-0.39, 0.29) is 0 Å². The minimum atomic E-state index is -4.43. The van der Waals surface area contributed by atoms with Gasteiger partial charge in [-0.2, -0.15) is 13.2 Å². The highest BCUT2D eigenvalue weighted by Gasteiger charge is 2.29. The Labute approximate surface area is 141 Å². The Morgan fingerprint density at radius 1 is 1.29 bits per heavy atom. The number of nitrogens with one attached hydrogen (secondary N) is 1. The van der Waals surface area contributed by atoms with Crippen LogP contribution < -0.4 is 5.32 Å². The van der Waals surface area contributed by atoms with Crippen molar-refractivity contribution in [3.63, 3.8) is 0 Å². The first-order chi connectivity index (χ1) is 11.2. The molecule has 0 aliphatic carbocycles. The van der Waals surface area contributed by atoms with E-state index in [2.05, 4.69) is 10.2 Å². The van der Waals surface area contributed by atoms with Gasteiger partial charge in [-0.15, -0.1) is 10.2 Å². The molecule has 1 unspecified atom stereocenters. The van der Waals surface area contributed by atoms with E-state index in [1.807, 2.05) is 36.5 Å². The third kappa shape index (κ3) is 4.50. The van der Waals surface area contributed by atoms with Crippen LogP contribution in [0, 0.1) is 13.8 Å². The second kappa shape index (κ2) is 7.25. The van der Waals surface area contributed by atoms with Gasteiger partial charge in [-0.3, -0.25) is 9.36 Å². The standard InChI is InChI=1S/C15H17F3N4OS/c1-9-6-4-5-7-12(9)22-11(3)20-21-14(22)24-10(2)13(23)19-8-15(16,17)18/h4-7,10H,8H2,1-3H3,(H,19,23). The average Bonchev–Trinajstić information content (AvgIpc) is 2.85. The van der Waals surface area contributed by atoms with Gasteiger partial charge in [-0.1, -0.05) is 30.0 Å². The lowest BCUT2D eigenvalue weighted by molar-refractivity contribution is -0.137. The van der Waals surface area contributed by atoms with E-state index in [9.17, 15) is 18.0 Å². The highest BCUT2D eigenvalue weighted by atomic mass is 32.2. The largest absolute Gasteiger partial charge is 0.405 e. The smallest absolute Gasteiger partial charge is 0.346 e.